The molecule has 1 unspecified atom stereocenters. The topological polar surface area (TPSA) is 100 Å². The molecule has 32 heavy (non-hydrogen) atoms. The van der Waals surface area contributed by atoms with Crippen LogP contribution < -0.4 is 10.6 Å². The minimum Gasteiger partial charge on any atom is -0.459 e. The van der Waals surface area contributed by atoms with Crippen molar-refractivity contribution in [2.24, 2.45) is 0 Å². The van der Waals surface area contributed by atoms with Gasteiger partial charge in [0.05, 0.1) is 19.3 Å². The Labute approximate surface area is 192 Å². The summed E-state index contributed by atoms with van der Waals surface area (Å²) in [7, 11) is 0. The number of alkyl carbamates (subject to hydrolysis) is 1. The fraction of sp³-hybridized carbons (Fsp3) is 0.667. The maximum absolute atomic E-state index is 11.9. The molecule has 1 amide bonds. The molecule has 182 valence electrons. The molecular formula is C24H41N3O5. The zero-order valence-electron chi connectivity index (χ0n) is 20.1. The summed E-state index contributed by atoms with van der Waals surface area (Å²) in [6.45, 7) is 9.91. The Balaban J connectivity index is 2.13. The Morgan fingerprint density at radius 1 is 1.06 bits per heavy atom. The van der Waals surface area contributed by atoms with Crippen LogP contribution in [0.1, 0.15) is 58.9 Å². The molecule has 1 rings (SSSR count). The molecule has 3 N–H and O–H groups in total. The van der Waals surface area contributed by atoms with Crippen molar-refractivity contribution in [1.29, 1.82) is 0 Å². The smallest absolute Gasteiger partial charge is 0.407 e. The number of unbranched alkanes of at least 4 members (excludes halogenated alkanes) is 3. The van der Waals surface area contributed by atoms with Crippen molar-refractivity contribution in [3.05, 3.63) is 35.9 Å². The number of nitrogens with one attached hydrogen (secondary N) is 2. The van der Waals surface area contributed by atoms with Crippen LogP contribution in [0, 0.1) is 0 Å². The molecule has 0 bridgehead atoms. The Hall–Kier alpha value is -2.16. The molecule has 1 atom stereocenters. The number of nitrogens with zero attached hydrogens (tertiary/aromatic N) is 1. The van der Waals surface area contributed by atoms with Crippen molar-refractivity contribution in [2.45, 2.75) is 71.8 Å². The van der Waals surface area contributed by atoms with Crippen LogP contribution >= 0.6 is 0 Å². The van der Waals surface area contributed by atoms with Gasteiger partial charge in [-0.1, -0.05) is 43.2 Å². The fourth-order valence-electron chi connectivity index (χ4n) is 3.12. The van der Waals surface area contributed by atoms with Crippen LogP contribution in [0.3, 0.4) is 0 Å². The lowest BCUT2D eigenvalue weighted by Gasteiger charge is -2.29. The van der Waals surface area contributed by atoms with E-state index in [1.807, 2.05) is 58.0 Å². The van der Waals surface area contributed by atoms with Gasteiger partial charge in [0.1, 0.15) is 12.2 Å². The minimum atomic E-state index is -0.500. The Morgan fingerprint density at radius 3 is 2.41 bits per heavy atom. The average Bonchev–Trinajstić information content (AvgIpc) is 2.74. The van der Waals surface area contributed by atoms with E-state index in [1.54, 1.807) is 0 Å². The number of carbonyl (C=O) groups is 2. The predicted octanol–water partition coefficient (Wildman–Crippen LogP) is 3.04. The standard InChI is InChI=1S/C24H41N3O5/c1-20(26-18-22(29)32-24(2,3)4)27(16-17-28)15-11-6-5-10-14-25-23(30)31-19-21-12-8-7-9-13-21/h7-9,12-13,20,26,28H,5-6,10-11,14-19H2,1-4H3,(H,25,30). The molecule has 0 saturated carbocycles. The SMILES string of the molecule is CC(NCC(=O)OC(C)(C)C)N(CCO)CCCCCCNC(=O)OCc1ccccc1. The normalized spacial score (nSPS) is 12.4. The number of aliphatic hydroxyl groups is 1. The zero-order chi connectivity index (χ0) is 23.8. The largest absolute Gasteiger partial charge is 0.459 e. The first-order valence-electron chi connectivity index (χ1n) is 11.5. The van der Waals surface area contributed by atoms with E-state index in [-0.39, 0.29) is 31.9 Å². The van der Waals surface area contributed by atoms with E-state index in [0.717, 1.165) is 37.8 Å². The van der Waals surface area contributed by atoms with E-state index < -0.39 is 11.7 Å². The number of ether oxygens (including phenoxy) is 2. The zero-order valence-corrected chi connectivity index (χ0v) is 20.1. The molecule has 0 fully saturated rings. The van der Waals surface area contributed by atoms with Crippen LogP contribution in [0.2, 0.25) is 0 Å². The van der Waals surface area contributed by atoms with Gasteiger partial charge in [-0.2, -0.15) is 0 Å². The first-order chi connectivity index (χ1) is 15.2. The summed E-state index contributed by atoms with van der Waals surface area (Å²) in [5, 5.41) is 15.3. The number of hydrogen-bond acceptors (Lipinski definition) is 7. The first-order valence-corrected chi connectivity index (χ1v) is 11.5. The van der Waals surface area contributed by atoms with Gasteiger partial charge in [-0.15, -0.1) is 0 Å². The van der Waals surface area contributed by atoms with Crippen LogP contribution in [-0.4, -0.2) is 66.6 Å². The fourth-order valence-corrected chi connectivity index (χ4v) is 3.12. The van der Waals surface area contributed by atoms with Crippen molar-refractivity contribution in [1.82, 2.24) is 15.5 Å². The molecular weight excluding hydrogens is 410 g/mol. The number of carbonyl (C=O) groups excluding carboxylic acids is 2. The van der Waals surface area contributed by atoms with E-state index in [4.69, 9.17) is 9.47 Å². The van der Waals surface area contributed by atoms with Gasteiger partial charge in [0, 0.05) is 13.1 Å². The van der Waals surface area contributed by atoms with Crippen molar-refractivity contribution < 1.29 is 24.2 Å². The first kappa shape index (κ1) is 27.9. The molecule has 0 aromatic heterocycles. The summed E-state index contributed by atoms with van der Waals surface area (Å²) < 4.78 is 10.5. The third-order valence-electron chi connectivity index (χ3n) is 4.75. The van der Waals surface area contributed by atoms with Gasteiger partial charge in [-0.25, -0.2) is 4.79 Å². The summed E-state index contributed by atoms with van der Waals surface area (Å²) in [5.74, 6) is -0.289. The summed E-state index contributed by atoms with van der Waals surface area (Å²) in [5.41, 5.74) is 0.463. The van der Waals surface area contributed by atoms with Gasteiger partial charge in [0.15, 0.2) is 0 Å². The molecule has 0 aliphatic rings. The molecule has 1 aromatic rings. The van der Waals surface area contributed by atoms with E-state index in [1.165, 1.54) is 0 Å². The minimum absolute atomic E-state index is 0.0456. The highest BCUT2D eigenvalue weighted by atomic mass is 16.6. The monoisotopic (exact) mass is 451 g/mol. The van der Waals surface area contributed by atoms with Gasteiger partial charge in [0.25, 0.3) is 0 Å². The maximum Gasteiger partial charge on any atom is 0.407 e. The highest BCUT2D eigenvalue weighted by Crippen LogP contribution is 2.07. The number of aliphatic hydroxyl groups excluding tert-OH is 1. The second-order valence-corrected chi connectivity index (χ2v) is 8.81. The molecule has 0 spiro atoms. The molecule has 0 aliphatic heterocycles. The van der Waals surface area contributed by atoms with Crippen molar-refractivity contribution in [3.63, 3.8) is 0 Å². The number of rotatable bonds is 15. The Kier molecular flexibility index (Phi) is 13.6. The number of hydrogen-bond donors (Lipinski definition) is 3. The van der Waals surface area contributed by atoms with Gasteiger partial charge < -0.3 is 19.9 Å². The summed E-state index contributed by atoms with van der Waals surface area (Å²) in [6.07, 6.45) is 3.42. The quantitative estimate of drug-likeness (QED) is 0.214. The number of benzene rings is 1. The summed E-state index contributed by atoms with van der Waals surface area (Å²) >= 11 is 0. The van der Waals surface area contributed by atoms with E-state index in [9.17, 15) is 14.7 Å². The second kappa shape index (κ2) is 15.6. The second-order valence-electron chi connectivity index (χ2n) is 8.81. The van der Waals surface area contributed by atoms with E-state index in [2.05, 4.69) is 15.5 Å². The molecule has 0 heterocycles. The molecule has 0 aliphatic carbocycles. The molecule has 8 nitrogen and oxygen atoms in total. The number of esters is 1. The summed E-state index contributed by atoms with van der Waals surface area (Å²) in [6, 6.07) is 9.59. The van der Waals surface area contributed by atoms with Crippen molar-refractivity contribution >= 4 is 12.1 Å². The lowest BCUT2D eigenvalue weighted by Crippen LogP contribution is -2.47. The highest BCUT2D eigenvalue weighted by Gasteiger charge is 2.18. The van der Waals surface area contributed by atoms with Crippen molar-refractivity contribution in [3.8, 4) is 0 Å². The Morgan fingerprint density at radius 2 is 1.75 bits per heavy atom. The lowest BCUT2D eigenvalue weighted by atomic mass is 10.2. The van der Waals surface area contributed by atoms with E-state index in [0.29, 0.717) is 13.1 Å². The van der Waals surface area contributed by atoms with E-state index >= 15 is 0 Å². The molecule has 0 radical (unpaired) electrons. The third kappa shape index (κ3) is 14.0. The molecule has 0 saturated heterocycles. The molecule has 1 aromatic carbocycles. The van der Waals surface area contributed by atoms with Gasteiger partial charge in [-0.05, 0) is 52.6 Å². The van der Waals surface area contributed by atoms with Crippen LogP contribution in [0.4, 0.5) is 4.79 Å². The van der Waals surface area contributed by atoms with Crippen molar-refractivity contribution in [2.75, 3.05) is 32.8 Å². The van der Waals surface area contributed by atoms with Crippen LogP contribution in [0.5, 0.6) is 0 Å². The molecule has 8 heteroatoms. The third-order valence-corrected chi connectivity index (χ3v) is 4.75. The van der Waals surface area contributed by atoms with Gasteiger partial charge in [-0.3, -0.25) is 15.0 Å². The van der Waals surface area contributed by atoms with Crippen LogP contribution in [0.15, 0.2) is 30.3 Å². The van der Waals surface area contributed by atoms with Crippen LogP contribution in [0.25, 0.3) is 0 Å². The van der Waals surface area contributed by atoms with Crippen LogP contribution in [-0.2, 0) is 20.9 Å². The Bertz CT molecular complexity index is 649. The van der Waals surface area contributed by atoms with Gasteiger partial charge in [0.2, 0.25) is 0 Å². The number of amides is 1. The summed E-state index contributed by atoms with van der Waals surface area (Å²) in [4.78, 5) is 25.7. The average molecular weight is 452 g/mol. The van der Waals surface area contributed by atoms with Gasteiger partial charge >= 0.3 is 12.1 Å². The predicted molar refractivity (Wildman–Crippen MR) is 125 cm³/mol. The lowest BCUT2D eigenvalue weighted by molar-refractivity contribution is -0.154. The highest BCUT2D eigenvalue weighted by molar-refractivity contribution is 5.72. The maximum atomic E-state index is 11.9.